The molecule has 156 valence electrons. The number of hydrogen-bond acceptors (Lipinski definition) is 5. The van der Waals surface area contributed by atoms with Gasteiger partial charge in [0.25, 0.3) is 5.91 Å². The molecule has 8 heteroatoms. The van der Waals surface area contributed by atoms with Crippen molar-refractivity contribution in [3.05, 3.63) is 59.7 Å². The lowest BCUT2D eigenvalue weighted by Gasteiger charge is -2.34. The summed E-state index contributed by atoms with van der Waals surface area (Å²) in [5.41, 5.74) is 1.34. The van der Waals surface area contributed by atoms with E-state index in [1.807, 2.05) is 38.1 Å². The summed E-state index contributed by atoms with van der Waals surface area (Å²) in [5.74, 6) is 0.485. The van der Waals surface area contributed by atoms with Crippen LogP contribution < -0.4 is 10.1 Å². The SMILES string of the molecule is COc1ccc(CNC(=O)c2ccc(S(=O)(=O)N3C[C@H](C)O[C@@H](C)C3)cc2)cc1. The Morgan fingerprint density at radius 2 is 1.66 bits per heavy atom. The molecule has 3 rings (SSSR count). The smallest absolute Gasteiger partial charge is 0.251 e. The predicted molar refractivity (Wildman–Crippen MR) is 109 cm³/mol. The van der Waals surface area contributed by atoms with Crippen LogP contribution in [0.4, 0.5) is 0 Å². The normalized spacial score (nSPS) is 20.2. The van der Waals surface area contributed by atoms with E-state index in [1.165, 1.54) is 28.6 Å². The first-order valence-electron chi connectivity index (χ1n) is 9.46. The molecule has 1 saturated heterocycles. The lowest BCUT2D eigenvalue weighted by atomic mass is 10.2. The van der Waals surface area contributed by atoms with Gasteiger partial charge in [-0.1, -0.05) is 12.1 Å². The number of ether oxygens (including phenoxy) is 2. The number of carbonyl (C=O) groups excluding carboxylic acids is 1. The summed E-state index contributed by atoms with van der Waals surface area (Å²) in [7, 11) is -2.02. The molecule has 2 atom stereocenters. The Morgan fingerprint density at radius 1 is 1.07 bits per heavy atom. The number of amides is 1. The first-order chi connectivity index (χ1) is 13.8. The van der Waals surface area contributed by atoms with Gasteiger partial charge in [-0.05, 0) is 55.8 Å². The maximum Gasteiger partial charge on any atom is 0.251 e. The van der Waals surface area contributed by atoms with E-state index in [-0.39, 0.29) is 23.0 Å². The van der Waals surface area contributed by atoms with Crippen LogP contribution in [0.5, 0.6) is 5.75 Å². The molecule has 2 aromatic carbocycles. The zero-order valence-corrected chi connectivity index (χ0v) is 17.6. The van der Waals surface area contributed by atoms with Crippen molar-refractivity contribution in [2.24, 2.45) is 0 Å². The van der Waals surface area contributed by atoms with Crippen molar-refractivity contribution in [3.8, 4) is 5.75 Å². The number of nitrogens with one attached hydrogen (secondary N) is 1. The van der Waals surface area contributed by atoms with Crippen molar-refractivity contribution in [2.45, 2.75) is 37.5 Å². The molecule has 0 aromatic heterocycles. The second kappa shape index (κ2) is 8.94. The van der Waals surface area contributed by atoms with Gasteiger partial charge in [-0.15, -0.1) is 0 Å². The van der Waals surface area contributed by atoms with E-state index in [0.717, 1.165) is 11.3 Å². The summed E-state index contributed by atoms with van der Waals surface area (Å²) in [4.78, 5) is 12.5. The van der Waals surface area contributed by atoms with Crippen LogP contribution in [0, 0.1) is 0 Å². The fraction of sp³-hybridized carbons (Fsp3) is 0.381. The Kier molecular flexibility index (Phi) is 6.56. The maximum atomic E-state index is 12.9. The average molecular weight is 419 g/mol. The van der Waals surface area contributed by atoms with Crippen molar-refractivity contribution >= 4 is 15.9 Å². The van der Waals surface area contributed by atoms with Crippen LogP contribution in [-0.4, -0.2) is 51.0 Å². The molecule has 0 aliphatic carbocycles. The zero-order valence-electron chi connectivity index (χ0n) is 16.8. The predicted octanol–water partition coefficient (Wildman–Crippen LogP) is 2.42. The third-order valence-electron chi connectivity index (χ3n) is 4.75. The first-order valence-corrected chi connectivity index (χ1v) is 10.9. The molecule has 29 heavy (non-hydrogen) atoms. The van der Waals surface area contributed by atoms with Crippen molar-refractivity contribution in [1.29, 1.82) is 0 Å². The fourth-order valence-corrected chi connectivity index (χ4v) is 4.87. The van der Waals surface area contributed by atoms with Crippen LogP contribution in [0.2, 0.25) is 0 Å². The summed E-state index contributed by atoms with van der Waals surface area (Å²) in [5, 5.41) is 2.83. The molecule has 0 bridgehead atoms. The second-order valence-corrected chi connectivity index (χ2v) is 9.07. The van der Waals surface area contributed by atoms with E-state index in [9.17, 15) is 13.2 Å². The molecule has 0 unspecified atom stereocenters. The highest BCUT2D eigenvalue weighted by Gasteiger charge is 2.32. The minimum atomic E-state index is -3.62. The molecule has 1 heterocycles. The molecule has 2 aromatic rings. The molecular formula is C21H26N2O5S. The summed E-state index contributed by atoms with van der Waals surface area (Å²) in [6, 6.07) is 13.4. The summed E-state index contributed by atoms with van der Waals surface area (Å²) in [6.07, 6.45) is -0.312. The number of rotatable bonds is 6. The van der Waals surface area contributed by atoms with Gasteiger partial charge >= 0.3 is 0 Å². The monoisotopic (exact) mass is 418 g/mol. The van der Waals surface area contributed by atoms with E-state index in [0.29, 0.717) is 25.2 Å². The van der Waals surface area contributed by atoms with E-state index < -0.39 is 10.0 Å². The third-order valence-corrected chi connectivity index (χ3v) is 6.60. The number of benzene rings is 2. The minimum Gasteiger partial charge on any atom is -0.497 e. The molecule has 0 saturated carbocycles. The Labute approximate surface area is 171 Å². The van der Waals surface area contributed by atoms with E-state index in [2.05, 4.69) is 5.32 Å². The van der Waals surface area contributed by atoms with Crippen molar-refractivity contribution < 1.29 is 22.7 Å². The van der Waals surface area contributed by atoms with Gasteiger partial charge < -0.3 is 14.8 Å². The van der Waals surface area contributed by atoms with Crippen molar-refractivity contribution in [2.75, 3.05) is 20.2 Å². The maximum absolute atomic E-state index is 12.9. The highest BCUT2D eigenvalue weighted by atomic mass is 32.2. The lowest BCUT2D eigenvalue weighted by molar-refractivity contribution is -0.0440. The highest BCUT2D eigenvalue weighted by molar-refractivity contribution is 7.89. The van der Waals surface area contributed by atoms with Crippen LogP contribution in [0.3, 0.4) is 0 Å². The molecule has 1 aliphatic heterocycles. The van der Waals surface area contributed by atoms with E-state index in [1.54, 1.807) is 7.11 Å². The standard InChI is InChI=1S/C21H26N2O5S/c1-15-13-23(14-16(2)28-15)29(25,26)20-10-6-18(7-11-20)21(24)22-12-17-4-8-19(27-3)9-5-17/h4-11,15-16H,12-14H2,1-3H3,(H,22,24)/t15-,16-/m0/s1. The minimum absolute atomic E-state index is 0.156. The summed E-state index contributed by atoms with van der Waals surface area (Å²) >= 11 is 0. The highest BCUT2D eigenvalue weighted by Crippen LogP contribution is 2.21. The van der Waals surface area contributed by atoms with Crippen LogP contribution in [0.15, 0.2) is 53.4 Å². The summed E-state index contributed by atoms with van der Waals surface area (Å²) in [6.45, 7) is 4.71. The van der Waals surface area contributed by atoms with E-state index in [4.69, 9.17) is 9.47 Å². The molecular weight excluding hydrogens is 392 g/mol. The fourth-order valence-electron chi connectivity index (χ4n) is 3.28. The lowest BCUT2D eigenvalue weighted by Crippen LogP contribution is -2.48. The van der Waals surface area contributed by atoms with Crippen molar-refractivity contribution in [1.82, 2.24) is 9.62 Å². The van der Waals surface area contributed by atoms with Gasteiger partial charge in [0.2, 0.25) is 10.0 Å². The van der Waals surface area contributed by atoms with E-state index >= 15 is 0 Å². The molecule has 1 N–H and O–H groups in total. The number of sulfonamides is 1. The molecule has 7 nitrogen and oxygen atoms in total. The number of nitrogens with zero attached hydrogens (tertiary/aromatic N) is 1. The molecule has 1 fully saturated rings. The number of hydrogen-bond donors (Lipinski definition) is 1. The Hall–Kier alpha value is -2.42. The van der Waals surface area contributed by atoms with Crippen LogP contribution in [0.1, 0.15) is 29.8 Å². The molecule has 0 radical (unpaired) electrons. The van der Waals surface area contributed by atoms with Gasteiger partial charge in [-0.25, -0.2) is 8.42 Å². The van der Waals surface area contributed by atoms with Crippen molar-refractivity contribution in [3.63, 3.8) is 0 Å². The number of morpholine rings is 1. The Balaban J connectivity index is 1.64. The van der Waals surface area contributed by atoms with Gasteiger partial charge in [0, 0.05) is 25.2 Å². The third kappa shape index (κ3) is 5.14. The van der Waals surface area contributed by atoms with Gasteiger partial charge in [0.05, 0.1) is 24.2 Å². The van der Waals surface area contributed by atoms with Gasteiger partial charge in [0.15, 0.2) is 0 Å². The molecule has 0 spiro atoms. The molecule has 1 amide bonds. The first kappa shape index (κ1) is 21.3. The number of methoxy groups -OCH3 is 1. The zero-order chi connectivity index (χ0) is 21.0. The Bertz CT molecular complexity index is 932. The summed E-state index contributed by atoms with van der Waals surface area (Å²) < 4.78 is 37.9. The Morgan fingerprint density at radius 3 is 2.21 bits per heavy atom. The van der Waals surface area contributed by atoms with Gasteiger partial charge in [-0.3, -0.25) is 4.79 Å². The quantitative estimate of drug-likeness (QED) is 0.779. The largest absolute Gasteiger partial charge is 0.497 e. The van der Waals surface area contributed by atoms with Gasteiger partial charge in [-0.2, -0.15) is 4.31 Å². The van der Waals surface area contributed by atoms with Gasteiger partial charge in [0.1, 0.15) is 5.75 Å². The second-order valence-electron chi connectivity index (χ2n) is 7.13. The van der Waals surface area contributed by atoms with Crippen LogP contribution in [-0.2, 0) is 21.3 Å². The number of carbonyl (C=O) groups is 1. The average Bonchev–Trinajstić information content (AvgIpc) is 2.71. The molecule has 1 aliphatic rings. The van der Waals surface area contributed by atoms with Crippen LogP contribution >= 0.6 is 0 Å². The van der Waals surface area contributed by atoms with Crippen LogP contribution in [0.25, 0.3) is 0 Å². The topological polar surface area (TPSA) is 84.9 Å².